The highest BCUT2D eigenvalue weighted by Gasteiger charge is 2.25. The number of H-pyrrole nitrogens is 1. The molecule has 6 nitrogen and oxygen atoms in total. The number of primary amides is 1. The fraction of sp³-hybridized carbons (Fsp3) is 0.250. The summed E-state index contributed by atoms with van der Waals surface area (Å²) in [6, 6.07) is 11.0. The minimum atomic E-state index is -0.450. The summed E-state index contributed by atoms with van der Waals surface area (Å²) in [5.41, 5.74) is 8.60. The molecule has 3 N–H and O–H groups in total. The van der Waals surface area contributed by atoms with E-state index in [-0.39, 0.29) is 5.91 Å². The zero-order chi connectivity index (χ0) is 19.0. The number of benzene rings is 1. The first-order chi connectivity index (χ1) is 13.0. The Morgan fingerprint density at radius 1 is 1.22 bits per heavy atom. The molecule has 0 spiro atoms. The first kappa shape index (κ1) is 17.5. The van der Waals surface area contributed by atoms with E-state index in [2.05, 4.69) is 16.9 Å². The van der Waals surface area contributed by atoms with Gasteiger partial charge in [-0.05, 0) is 30.7 Å². The molecule has 1 aromatic carbocycles. The summed E-state index contributed by atoms with van der Waals surface area (Å²) in [5.74, 6) is 0.372. The van der Waals surface area contributed by atoms with Crippen molar-refractivity contribution in [3.8, 4) is 11.4 Å². The maximum absolute atomic E-state index is 12.8. The second kappa shape index (κ2) is 7.00. The molecule has 0 atom stereocenters. The molecule has 0 radical (unpaired) electrons. The van der Waals surface area contributed by atoms with Crippen LogP contribution < -0.4 is 5.73 Å². The van der Waals surface area contributed by atoms with Crippen LogP contribution in [0, 0.1) is 0 Å². The topological polar surface area (TPSA) is 92.1 Å². The number of amides is 2. The lowest BCUT2D eigenvalue weighted by molar-refractivity contribution is 0.0736. The Bertz CT molecular complexity index is 1000. The van der Waals surface area contributed by atoms with Gasteiger partial charge in [0.05, 0.1) is 22.8 Å². The monoisotopic (exact) mass is 380 g/mol. The number of carbonyl (C=O) groups is 2. The predicted octanol–water partition coefficient (Wildman–Crippen LogP) is 3.00. The van der Waals surface area contributed by atoms with Crippen molar-refractivity contribution in [2.24, 2.45) is 5.73 Å². The average Bonchev–Trinajstić information content (AvgIpc) is 3.33. The number of nitrogens with two attached hydrogens (primary N) is 1. The number of fused-ring (bicyclic) bond motifs is 1. The Balaban J connectivity index is 1.53. The van der Waals surface area contributed by atoms with Crippen LogP contribution in [0.1, 0.15) is 43.2 Å². The van der Waals surface area contributed by atoms with Crippen LogP contribution in [0.3, 0.4) is 0 Å². The number of nitrogens with one attached hydrogen (secondary N) is 1. The van der Waals surface area contributed by atoms with E-state index in [1.165, 1.54) is 4.88 Å². The van der Waals surface area contributed by atoms with Crippen molar-refractivity contribution in [3.63, 3.8) is 0 Å². The molecule has 4 rings (SSSR count). The van der Waals surface area contributed by atoms with Crippen LogP contribution in [0.4, 0.5) is 0 Å². The van der Waals surface area contributed by atoms with E-state index in [1.807, 2.05) is 29.2 Å². The first-order valence-corrected chi connectivity index (χ1v) is 9.72. The van der Waals surface area contributed by atoms with Gasteiger partial charge in [-0.3, -0.25) is 9.59 Å². The molecule has 1 aliphatic heterocycles. The maximum Gasteiger partial charge on any atom is 0.264 e. The van der Waals surface area contributed by atoms with E-state index in [0.717, 1.165) is 40.5 Å². The van der Waals surface area contributed by atoms with Crippen molar-refractivity contribution in [2.45, 2.75) is 26.3 Å². The zero-order valence-corrected chi connectivity index (χ0v) is 15.8. The van der Waals surface area contributed by atoms with Gasteiger partial charge in [-0.15, -0.1) is 11.3 Å². The summed E-state index contributed by atoms with van der Waals surface area (Å²) >= 11 is 1.57. The molecule has 27 heavy (non-hydrogen) atoms. The summed E-state index contributed by atoms with van der Waals surface area (Å²) < 4.78 is 0. The molecule has 0 bridgehead atoms. The van der Waals surface area contributed by atoms with Gasteiger partial charge in [-0.2, -0.15) is 0 Å². The number of hydrogen-bond donors (Lipinski definition) is 2. The number of aryl methyl sites for hydroxylation is 1. The third-order valence-electron chi connectivity index (χ3n) is 4.78. The number of thiophene rings is 1. The third-order valence-corrected chi connectivity index (χ3v) is 6.00. The normalized spacial score (nSPS) is 13.4. The van der Waals surface area contributed by atoms with Crippen LogP contribution in [0.15, 0.2) is 36.4 Å². The molecule has 2 amide bonds. The summed E-state index contributed by atoms with van der Waals surface area (Å²) in [4.78, 5) is 35.9. The Morgan fingerprint density at radius 3 is 2.67 bits per heavy atom. The average molecular weight is 380 g/mol. The largest absolute Gasteiger partial charge is 0.366 e. The summed E-state index contributed by atoms with van der Waals surface area (Å²) in [7, 11) is 0. The Labute approximate surface area is 161 Å². The Hall–Kier alpha value is -2.93. The van der Waals surface area contributed by atoms with E-state index in [9.17, 15) is 9.59 Å². The number of hydrogen-bond acceptors (Lipinski definition) is 4. The van der Waals surface area contributed by atoms with Gasteiger partial charge in [0.1, 0.15) is 5.82 Å². The fourth-order valence-electron chi connectivity index (χ4n) is 3.23. The van der Waals surface area contributed by atoms with Crippen LogP contribution >= 0.6 is 11.3 Å². The van der Waals surface area contributed by atoms with Gasteiger partial charge in [-0.25, -0.2) is 4.98 Å². The molecule has 0 unspecified atom stereocenters. The maximum atomic E-state index is 12.8. The SMILES string of the molecule is CCc1ccc(C(=O)N2CCc3nc(-c4ccc(C(N)=O)cc4)[nH]c3C2)s1. The molecule has 0 saturated carbocycles. The highest BCUT2D eigenvalue weighted by molar-refractivity contribution is 7.14. The van der Waals surface area contributed by atoms with Crippen molar-refractivity contribution in [2.75, 3.05) is 6.54 Å². The van der Waals surface area contributed by atoms with Crippen molar-refractivity contribution >= 4 is 23.2 Å². The van der Waals surface area contributed by atoms with Gasteiger partial charge in [0, 0.05) is 29.0 Å². The van der Waals surface area contributed by atoms with Crippen molar-refractivity contribution in [1.82, 2.24) is 14.9 Å². The first-order valence-electron chi connectivity index (χ1n) is 8.91. The molecule has 1 aliphatic rings. The van der Waals surface area contributed by atoms with Crippen LogP contribution in [0.25, 0.3) is 11.4 Å². The molecule has 3 aromatic rings. The van der Waals surface area contributed by atoms with Crippen LogP contribution in [0.5, 0.6) is 0 Å². The number of imidazole rings is 1. The molecule has 0 aliphatic carbocycles. The molecule has 0 saturated heterocycles. The second-order valence-corrected chi connectivity index (χ2v) is 7.72. The molecule has 2 aromatic heterocycles. The van der Waals surface area contributed by atoms with Crippen molar-refractivity contribution in [1.29, 1.82) is 0 Å². The van der Waals surface area contributed by atoms with Crippen molar-refractivity contribution < 1.29 is 9.59 Å². The minimum absolute atomic E-state index is 0.0762. The zero-order valence-electron chi connectivity index (χ0n) is 15.0. The lowest BCUT2D eigenvalue weighted by atomic mass is 10.1. The quantitative estimate of drug-likeness (QED) is 0.729. The number of nitrogens with zero attached hydrogens (tertiary/aromatic N) is 2. The molecule has 138 valence electrons. The highest BCUT2D eigenvalue weighted by Crippen LogP contribution is 2.25. The molecule has 0 fully saturated rings. The third kappa shape index (κ3) is 3.38. The van der Waals surface area contributed by atoms with Crippen LogP contribution in [-0.4, -0.2) is 33.2 Å². The highest BCUT2D eigenvalue weighted by atomic mass is 32.1. The Morgan fingerprint density at radius 2 is 2.00 bits per heavy atom. The minimum Gasteiger partial charge on any atom is -0.366 e. The van der Waals surface area contributed by atoms with E-state index < -0.39 is 5.91 Å². The molecule has 7 heteroatoms. The van der Waals surface area contributed by atoms with Crippen LogP contribution in [0.2, 0.25) is 0 Å². The number of rotatable bonds is 4. The van der Waals surface area contributed by atoms with Crippen LogP contribution in [-0.2, 0) is 19.4 Å². The van der Waals surface area contributed by atoms with E-state index in [4.69, 9.17) is 5.73 Å². The summed E-state index contributed by atoms with van der Waals surface area (Å²) in [6.45, 7) is 3.28. The smallest absolute Gasteiger partial charge is 0.264 e. The van der Waals surface area contributed by atoms with E-state index in [1.54, 1.807) is 23.5 Å². The predicted molar refractivity (Wildman–Crippen MR) is 105 cm³/mol. The van der Waals surface area contributed by atoms with Gasteiger partial charge in [-0.1, -0.05) is 19.1 Å². The van der Waals surface area contributed by atoms with Gasteiger partial charge in [0.2, 0.25) is 5.91 Å². The lowest BCUT2D eigenvalue weighted by Gasteiger charge is -2.25. The number of aromatic amines is 1. The molecular weight excluding hydrogens is 360 g/mol. The van der Waals surface area contributed by atoms with E-state index >= 15 is 0 Å². The van der Waals surface area contributed by atoms with Gasteiger partial charge >= 0.3 is 0 Å². The summed E-state index contributed by atoms with van der Waals surface area (Å²) in [5, 5.41) is 0. The van der Waals surface area contributed by atoms with Gasteiger partial charge < -0.3 is 15.6 Å². The Kier molecular flexibility index (Phi) is 4.53. The second-order valence-electron chi connectivity index (χ2n) is 6.55. The molecular formula is C20H20N4O2S. The number of aromatic nitrogens is 2. The van der Waals surface area contributed by atoms with Gasteiger partial charge in [0.15, 0.2) is 0 Å². The lowest BCUT2D eigenvalue weighted by Crippen LogP contribution is -2.35. The summed E-state index contributed by atoms with van der Waals surface area (Å²) in [6.07, 6.45) is 1.67. The number of carbonyl (C=O) groups excluding carboxylic acids is 2. The standard InChI is InChI=1S/C20H20N4O2S/c1-2-14-7-8-17(27-14)20(26)24-10-9-15-16(11-24)23-19(22-15)13-5-3-12(4-6-13)18(21)25/h3-8H,2,9-11H2,1H3,(H2,21,25)(H,22,23). The van der Waals surface area contributed by atoms with Gasteiger partial charge in [0.25, 0.3) is 5.91 Å². The van der Waals surface area contributed by atoms with E-state index in [0.29, 0.717) is 18.7 Å². The fourth-order valence-corrected chi connectivity index (χ4v) is 4.15. The molecule has 3 heterocycles. The van der Waals surface area contributed by atoms with Crippen molar-refractivity contribution in [3.05, 3.63) is 63.1 Å².